The molecule has 0 radical (unpaired) electrons. The zero-order valence-electron chi connectivity index (χ0n) is 11.2. The summed E-state index contributed by atoms with van der Waals surface area (Å²) in [6, 6.07) is 0. The molecule has 0 atom stereocenters. The molecule has 0 aliphatic rings. The van der Waals surface area contributed by atoms with Gasteiger partial charge in [-0.05, 0) is 19.5 Å². The van der Waals surface area contributed by atoms with Gasteiger partial charge in [0, 0.05) is 13.1 Å². The highest BCUT2D eigenvalue weighted by Crippen LogP contribution is 2.27. The lowest BCUT2D eigenvalue weighted by molar-refractivity contribution is 0.299. The average molecular weight is 273 g/mol. The predicted octanol–water partition coefficient (Wildman–Crippen LogP) is 2.28. The van der Waals surface area contributed by atoms with E-state index in [2.05, 4.69) is 34.0 Å². The predicted molar refractivity (Wildman–Crippen MR) is 74.5 cm³/mol. The van der Waals surface area contributed by atoms with Gasteiger partial charge in [-0.2, -0.15) is 0 Å². The van der Waals surface area contributed by atoms with Crippen molar-refractivity contribution in [2.24, 2.45) is 0 Å². The van der Waals surface area contributed by atoms with Crippen molar-refractivity contribution in [3.8, 4) is 5.75 Å². The minimum Gasteiger partial charge on any atom is -0.490 e. The Hall–Kier alpha value is -1.07. The fraction of sp³-hybridized carbons (Fsp3) is 0.667. The first-order valence-corrected chi connectivity index (χ1v) is 6.61. The maximum Gasteiger partial charge on any atom is 0.198 e. The van der Waals surface area contributed by atoms with Gasteiger partial charge in [-0.3, -0.25) is 0 Å². The van der Waals surface area contributed by atoms with Crippen molar-refractivity contribution in [2.45, 2.75) is 20.3 Å². The van der Waals surface area contributed by atoms with E-state index in [0.29, 0.717) is 16.7 Å². The zero-order valence-corrected chi connectivity index (χ0v) is 12.0. The normalized spacial score (nSPS) is 10.7. The fourth-order valence-electron chi connectivity index (χ4n) is 1.74. The molecule has 1 aromatic rings. The van der Waals surface area contributed by atoms with Gasteiger partial charge < -0.3 is 15.0 Å². The van der Waals surface area contributed by atoms with Crippen molar-refractivity contribution in [3.63, 3.8) is 0 Å². The Morgan fingerprint density at radius 2 is 2.11 bits per heavy atom. The van der Waals surface area contributed by atoms with Gasteiger partial charge in [0.1, 0.15) is 6.33 Å². The van der Waals surface area contributed by atoms with E-state index in [1.54, 1.807) is 7.11 Å². The monoisotopic (exact) mass is 272 g/mol. The summed E-state index contributed by atoms with van der Waals surface area (Å²) in [7, 11) is 1.56. The SMILES string of the molecule is CCCN(CC)CCNc1ncnc(Cl)c1OC. The molecule has 5 nitrogen and oxygen atoms in total. The molecule has 0 aromatic carbocycles. The number of ether oxygens (including phenoxy) is 1. The van der Waals surface area contributed by atoms with Crippen LogP contribution in [0.25, 0.3) is 0 Å². The van der Waals surface area contributed by atoms with E-state index in [-0.39, 0.29) is 0 Å². The van der Waals surface area contributed by atoms with Crippen LogP contribution >= 0.6 is 11.6 Å². The number of likely N-dealkylation sites (N-methyl/N-ethyl adjacent to an activating group) is 1. The number of hydrogen-bond donors (Lipinski definition) is 1. The average Bonchev–Trinajstić information content (AvgIpc) is 2.38. The Kier molecular flexibility index (Phi) is 6.75. The van der Waals surface area contributed by atoms with E-state index in [1.807, 2.05) is 0 Å². The number of methoxy groups -OCH3 is 1. The van der Waals surface area contributed by atoms with Gasteiger partial charge in [0.15, 0.2) is 16.7 Å². The van der Waals surface area contributed by atoms with E-state index in [9.17, 15) is 0 Å². The second kappa shape index (κ2) is 8.11. The van der Waals surface area contributed by atoms with Crippen molar-refractivity contribution in [1.29, 1.82) is 0 Å². The highest BCUT2D eigenvalue weighted by atomic mass is 35.5. The molecule has 6 heteroatoms. The summed E-state index contributed by atoms with van der Waals surface area (Å²) >= 11 is 5.92. The molecule has 0 saturated carbocycles. The van der Waals surface area contributed by atoms with Gasteiger partial charge in [-0.15, -0.1) is 0 Å². The number of nitrogens with one attached hydrogen (secondary N) is 1. The first kappa shape index (κ1) is 15.0. The number of halogens is 1. The molecule has 0 spiro atoms. The van der Waals surface area contributed by atoms with Crippen molar-refractivity contribution in [1.82, 2.24) is 14.9 Å². The van der Waals surface area contributed by atoms with Crippen LogP contribution < -0.4 is 10.1 Å². The molecule has 1 N–H and O–H groups in total. The van der Waals surface area contributed by atoms with E-state index in [4.69, 9.17) is 16.3 Å². The van der Waals surface area contributed by atoms with Crippen LogP contribution in [0.3, 0.4) is 0 Å². The third kappa shape index (κ3) is 4.31. The summed E-state index contributed by atoms with van der Waals surface area (Å²) in [6.07, 6.45) is 2.59. The van der Waals surface area contributed by atoms with Crippen LogP contribution in [0.4, 0.5) is 5.82 Å². The Morgan fingerprint density at radius 1 is 1.33 bits per heavy atom. The molecule has 1 heterocycles. The van der Waals surface area contributed by atoms with Crippen molar-refractivity contribution in [2.75, 3.05) is 38.6 Å². The number of anilines is 1. The van der Waals surface area contributed by atoms with Crippen molar-refractivity contribution >= 4 is 17.4 Å². The maximum absolute atomic E-state index is 5.92. The first-order valence-electron chi connectivity index (χ1n) is 6.23. The smallest absolute Gasteiger partial charge is 0.198 e. The van der Waals surface area contributed by atoms with Crippen LogP contribution in [0, 0.1) is 0 Å². The molecule has 18 heavy (non-hydrogen) atoms. The van der Waals surface area contributed by atoms with Crippen LogP contribution in [0.5, 0.6) is 5.75 Å². The molecule has 102 valence electrons. The lowest BCUT2D eigenvalue weighted by atomic mass is 10.4. The minimum atomic E-state index is 0.330. The highest BCUT2D eigenvalue weighted by Gasteiger charge is 2.09. The molecule has 0 amide bonds. The molecule has 0 bridgehead atoms. The lowest BCUT2D eigenvalue weighted by Crippen LogP contribution is -2.29. The van der Waals surface area contributed by atoms with Gasteiger partial charge in [0.25, 0.3) is 0 Å². The van der Waals surface area contributed by atoms with Crippen molar-refractivity contribution in [3.05, 3.63) is 11.5 Å². The van der Waals surface area contributed by atoms with Gasteiger partial charge >= 0.3 is 0 Å². The Balaban J connectivity index is 2.50. The summed E-state index contributed by atoms with van der Waals surface area (Å²) in [5.41, 5.74) is 0. The quantitative estimate of drug-likeness (QED) is 0.736. The van der Waals surface area contributed by atoms with Crippen molar-refractivity contribution < 1.29 is 4.74 Å². The van der Waals surface area contributed by atoms with Crippen LogP contribution in [0.15, 0.2) is 6.33 Å². The summed E-state index contributed by atoms with van der Waals surface area (Å²) in [5, 5.41) is 3.56. The van der Waals surface area contributed by atoms with E-state index < -0.39 is 0 Å². The number of aromatic nitrogens is 2. The molecule has 0 fully saturated rings. The zero-order chi connectivity index (χ0) is 13.4. The summed E-state index contributed by atoms with van der Waals surface area (Å²) < 4.78 is 5.17. The minimum absolute atomic E-state index is 0.330. The van der Waals surface area contributed by atoms with Gasteiger partial charge in [0.2, 0.25) is 0 Å². The molecule has 0 aliphatic heterocycles. The molecule has 1 aromatic heterocycles. The largest absolute Gasteiger partial charge is 0.490 e. The molecular formula is C12H21ClN4O. The first-order chi connectivity index (χ1) is 8.72. The molecule has 0 unspecified atom stereocenters. The van der Waals surface area contributed by atoms with Crippen LogP contribution in [0.1, 0.15) is 20.3 Å². The Labute approximate surface area is 114 Å². The number of hydrogen-bond acceptors (Lipinski definition) is 5. The third-order valence-corrected chi connectivity index (χ3v) is 2.94. The molecule has 1 rings (SSSR count). The van der Waals surface area contributed by atoms with Crippen LogP contribution in [-0.2, 0) is 0 Å². The fourth-order valence-corrected chi connectivity index (χ4v) is 1.95. The summed E-state index contributed by atoms with van der Waals surface area (Å²) in [5.74, 6) is 1.14. The molecule has 0 aliphatic carbocycles. The molecular weight excluding hydrogens is 252 g/mol. The highest BCUT2D eigenvalue weighted by molar-refractivity contribution is 6.31. The van der Waals surface area contributed by atoms with Gasteiger partial charge in [-0.1, -0.05) is 25.4 Å². The van der Waals surface area contributed by atoms with E-state index >= 15 is 0 Å². The Morgan fingerprint density at radius 3 is 2.72 bits per heavy atom. The summed E-state index contributed by atoms with van der Waals surface area (Å²) in [6.45, 7) is 8.28. The summed E-state index contributed by atoms with van der Waals surface area (Å²) in [4.78, 5) is 10.4. The van der Waals surface area contributed by atoms with Crippen LogP contribution in [-0.4, -0.2) is 48.2 Å². The second-order valence-electron chi connectivity index (χ2n) is 3.91. The maximum atomic E-state index is 5.92. The number of rotatable bonds is 8. The second-order valence-corrected chi connectivity index (χ2v) is 4.27. The lowest BCUT2D eigenvalue weighted by Gasteiger charge is -2.20. The number of nitrogens with zero attached hydrogens (tertiary/aromatic N) is 3. The standard InChI is InChI=1S/C12H21ClN4O/c1-4-7-17(5-2)8-6-14-12-10(18-3)11(13)15-9-16-12/h9H,4-8H2,1-3H3,(H,14,15,16). The van der Waals surface area contributed by atoms with E-state index in [0.717, 1.165) is 32.6 Å². The van der Waals surface area contributed by atoms with Crippen LogP contribution in [0.2, 0.25) is 5.15 Å². The van der Waals surface area contributed by atoms with Gasteiger partial charge in [0.05, 0.1) is 7.11 Å². The topological polar surface area (TPSA) is 50.3 Å². The third-order valence-electron chi connectivity index (χ3n) is 2.67. The van der Waals surface area contributed by atoms with E-state index in [1.165, 1.54) is 6.33 Å². The Bertz CT molecular complexity index is 362. The van der Waals surface area contributed by atoms with Gasteiger partial charge in [-0.25, -0.2) is 9.97 Å². The molecule has 0 saturated heterocycles.